The molecule has 1 aliphatic rings. The average Bonchev–Trinajstić information content (AvgIpc) is 2.78. The molecule has 7 nitrogen and oxygen atoms in total. The van der Waals surface area contributed by atoms with E-state index in [1.165, 1.54) is 7.11 Å². The number of anilines is 1. The van der Waals surface area contributed by atoms with Crippen LogP contribution >= 0.6 is 0 Å². The topological polar surface area (TPSA) is 77.1 Å². The number of nitrogens with zero attached hydrogens (tertiary/aromatic N) is 1. The Kier molecular flexibility index (Phi) is 7.08. The van der Waals surface area contributed by atoms with Gasteiger partial charge in [-0.1, -0.05) is 25.1 Å². The van der Waals surface area contributed by atoms with Crippen molar-refractivity contribution in [3.05, 3.63) is 53.6 Å². The van der Waals surface area contributed by atoms with Gasteiger partial charge in [0.15, 0.2) is 18.1 Å². The van der Waals surface area contributed by atoms with Gasteiger partial charge in [0.2, 0.25) is 0 Å². The number of methoxy groups -OCH3 is 1. The minimum Gasteiger partial charge on any atom is -0.493 e. The molecule has 0 saturated carbocycles. The summed E-state index contributed by atoms with van der Waals surface area (Å²) in [7, 11) is 1.50. The van der Waals surface area contributed by atoms with Crippen molar-refractivity contribution in [3.8, 4) is 11.5 Å². The molecule has 29 heavy (non-hydrogen) atoms. The van der Waals surface area contributed by atoms with Crippen molar-refractivity contribution in [2.24, 2.45) is 0 Å². The second kappa shape index (κ2) is 9.93. The lowest BCUT2D eigenvalue weighted by atomic mass is 10.1. The molecule has 1 fully saturated rings. The summed E-state index contributed by atoms with van der Waals surface area (Å²) in [4.78, 5) is 26.6. The van der Waals surface area contributed by atoms with E-state index in [0.29, 0.717) is 43.4 Å². The number of amides is 2. The van der Waals surface area contributed by atoms with Crippen LogP contribution < -0.4 is 14.8 Å². The lowest BCUT2D eigenvalue weighted by molar-refractivity contribution is -0.137. The normalized spacial score (nSPS) is 13.7. The minimum atomic E-state index is -0.236. The SMILES string of the molecule is CCc1ccccc1NC(=O)c1ccc(OCC(=O)N2CCOCC2)c(OC)c1. The smallest absolute Gasteiger partial charge is 0.260 e. The monoisotopic (exact) mass is 398 g/mol. The lowest BCUT2D eigenvalue weighted by Gasteiger charge is -2.26. The van der Waals surface area contributed by atoms with Crippen molar-refractivity contribution in [1.82, 2.24) is 4.90 Å². The molecular formula is C22H26N2O5. The lowest BCUT2D eigenvalue weighted by Crippen LogP contribution is -2.43. The zero-order valence-corrected chi connectivity index (χ0v) is 16.8. The third kappa shape index (κ3) is 5.26. The number of morpholine rings is 1. The number of aryl methyl sites for hydroxylation is 1. The number of ether oxygens (including phenoxy) is 3. The molecule has 0 bridgehead atoms. The molecule has 1 saturated heterocycles. The van der Waals surface area contributed by atoms with Gasteiger partial charge < -0.3 is 24.4 Å². The third-order valence-corrected chi connectivity index (χ3v) is 4.79. The van der Waals surface area contributed by atoms with E-state index in [-0.39, 0.29) is 18.4 Å². The summed E-state index contributed by atoms with van der Waals surface area (Å²) in [5, 5.41) is 2.93. The van der Waals surface area contributed by atoms with Crippen LogP contribution in [0.5, 0.6) is 11.5 Å². The second-order valence-electron chi connectivity index (χ2n) is 6.61. The molecule has 7 heteroatoms. The fourth-order valence-corrected chi connectivity index (χ4v) is 3.12. The molecule has 1 heterocycles. The predicted octanol–water partition coefficient (Wildman–Crippen LogP) is 2.75. The number of nitrogens with one attached hydrogen (secondary N) is 1. The fraction of sp³-hybridized carbons (Fsp3) is 0.364. The van der Waals surface area contributed by atoms with Gasteiger partial charge in [-0.15, -0.1) is 0 Å². The minimum absolute atomic E-state index is 0.0915. The van der Waals surface area contributed by atoms with E-state index in [1.54, 1.807) is 23.1 Å². The zero-order valence-electron chi connectivity index (χ0n) is 16.8. The quantitative estimate of drug-likeness (QED) is 0.776. The van der Waals surface area contributed by atoms with E-state index in [9.17, 15) is 9.59 Å². The van der Waals surface area contributed by atoms with Crippen molar-refractivity contribution in [3.63, 3.8) is 0 Å². The largest absolute Gasteiger partial charge is 0.493 e. The molecule has 2 amide bonds. The summed E-state index contributed by atoms with van der Waals surface area (Å²) in [6.07, 6.45) is 0.823. The molecule has 0 atom stereocenters. The van der Waals surface area contributed by atoms with E-state index in [4.69, 9.17) is 14.2 Å². The van der Waals surface area contributed by atoms with Crippen molar-refractivity contribution in [1.29, 1.82) is 0 Å². The first-order valence-corrected chi connectivity index (χ1v) is 9.68. The Morgan fingerprint density at radius 2 is 1.86 bits per heavy atom. The van der Waals surface area contributed by atoms with Crippen LogP contribution in [0.15, 0.2) is 42.5 Å². The van der Waals surface area contributed by atoms with E-state index in [2.05, 4.69) is 5.32 Å². The molecule has 2 aromatic carbocycles. The standard InChI is InChI=1S/C22H26N2O5/c1-3-16-6-4-5-7-18(16)23-22(26)17-8-9-19(20(14-17)27-2)29-15-21(25)24-10-12-28-13-11-24/h4-9,14H,3,10-13,15H2,1-2H3,(H,23,26). The molecule has 0 radical (unpaired) electrons. The Labute approximate surface area is 170 Å². The number of hydrogen-bond donors (Lipinski definition) is 1. The highest BCUT2D eigenvalue weighted by Crippen LogP contribution is 2.29. The summed E-state index contributed by atoms with van der Waals surface area (Å²) >= 11 is 0. The molecule has 0 aromatic heterocycles. The van der Waals surface area contributed by atoms with Crippen molar-refractivity contribution < 1.29 is 23.8 Å². The Morgan fingerprint density at radius 3 is 2.59 bits per heavy atom. The van der Waals surface area contributed by atoms with Crippen molar-refractivity contribution >= 4 is 17.5 Å². The van der Waals surface area contributed by atoms with E-state index in [0.717, 1.165) is 17.7 Å². The van der Waals surface area contributed by atoms with Gasteiger partial charge in [-0.3, -0.25) is 9.59 Å². The number of benzene rings is 2. The molecule has 1 aliphatic heterocycles. The summed E-state index contributed by atoms with van der Waals surface area (Å²) in [6, 6.07) is 12.6. The fourth-order valence-electron chi connectivity index (χ4n) is 3.12. The maximum absolute atomic E-state index is 12.7. The number of carbonyl (C=O) groups is 2. The highest BCUT2D eigenvalue weighted by atomic mass is 16.5. The van der Waals surface area contributed by atoms with E-state index in [1.807, 2.05) is 31.2 Å². The van der Waals surface area contributed by atoms with Crippen LogP contribution in [0.1, 0.15) is 22.8 Å². The first kappa shape index (κ1) is 20.7. The molecule has 2 aromatic rings. The average molecular weight is 398 g/mol. The summed E-state index contributed by atoms with van der Waals surface area (Å²) in [5.74, 6) is 0.476. The molecule has 0 unspecified atom stereocenters. The Bertz CT molecular complexity index is 862. The maximum atomic E-state index is 12.7. The van der Waals surface area contributed by atoms with Crippen LogP contribution in [0.25, 0.3) is 0 Å². The second-order valence-corrected chi connectivity index (χ2v) is 6.61. The van der Waals surface area contributed by atoms with Crippen LogP contribution in [0.3, 0.4) is 0 Å². The van der Waals surface area contributed by atoms with Crippen LogP contribution in [0.2, 0.25) is 0 Å². The Balaban J connectivity index is 1.66. The van der Waals surface area contributed by atoms with Crippen molar-refractivity contribution in [2.75, 3.05) is 45.3 Å². The highest BCUT2D eigenvalue weighted by Gasteiger charge is 2.18. The van der Waals surface area contributed by atoms with Crippen LogP contribution in [-0.2, 0) is 16.0 Å². The number of hydrogen-bond acceptors (Lipinski definition) is 5. The zero-order chi connectivity index (χ0) is 20.6. The third-order valence-electron chi connectivity index (χ3n) is 4.79. The first-order valence-electron chi connectivity index (χ1n) is 9.68. The van der Waals surface area contributed by atoms with Gasteiger partial charge in [-0.2, -0.15) is 0 Å². The summed E-state index contributed by atoms with van der Waals surface area (Å²) in [5.41, 5.74) is 2.30. The van der Waals surface area contributed by atoms with Gasteiger partial charge in [0.05, 0.1) is 20.3 Å². The summed E-state index contributed by atoms with van der Waals surface area (Å²) < 4.78 is 16.3. The number of para-hydroxylation sites is 1. The number of carbonyl (C=O) groups excluding carboxylic acids is 2. The van der Waals surface area contributed by atoms with Crippen LogP contribution in [0.4, 0.5) is 5.69 Å². The molecule has 1 N–H and O–H groups in total. The van der Waals surface area contributed by atoms with E-state index >= 15 is 0 Å². The highest BCUT2D eigenvalue weighted by molar-refractivity contribution is 6.05. The Hall–Kier alpha value is -3.06. The Morgan fingerprint density at radius 1 is 1.10 bits per heavy atom. The first-order chi connectivity index (χ1) is 14.1. The number of rotatable bonds is 7. The van der Waals surface area contributed by atoms with Gasteiger partial charge in [0.25, 0.3) is 11.8 Å². The predicted molar refractivity (Wildman–Crippen MR) is 110 cm³/mol. The van der Waals surface area contributed by atoms with Gasteiger partial charge in [-0.25, -0.2) is 0 Å². The van der Waals surface area contributed by atoms with Crippen LogP contribution in [-0.4, -0.2) is 56.7 Å². The molecule has 154 valence electrons. The molecular weight excluding hydrogens is 372 g/mol. The van der Waals surface area contributed by atoms with Crippen LogP contribution in [0, 0.1) is 0 Å². The maximum Gasteiger partial charge on any atom is 0.260 e. The van der Waals surface area contributed by atoms with Gasteiger partial charge in [0.1, 0.15) is 0 Å². The van der Waals surface area contributed by atoms with E-state index < -0.39 is 0 Å². The molecule has 0 aliphatic carbocycles. The molecule has 0 spiro atoms. The van der Waals surface area contributed by atoms with Gasteiger partial charge in [0, 0.05) is 24.3 Å². The van der Waals surface area contributed by atoms with Crippen molar-refractivity contribution in [2.45, 2.75) is 13.3 Å². The molecule has 3 rings (SSSR count). The van der Waals surface area contributed by atoms with Gasteiger partial charge >= 0.3 is 0 Å². The van der Waals surface area contributed by atoms with Gasteiger partial charge in [-0.05, 0) is 36.2 Å². The summed E-state index contributed by atoms with van der Waals surface area (Å²) in [6.45, 7) is 4.17.